The topological polar surface area (TPSA) is 64.6 Å². The minimum atomic E-state index is -0.394. The Hall–Kier alpha value is -3.86. The number of rotatable bonds is 9. The van der Waals surface area contributed by atoms with Gasteiger partial charge in [-0.2, -0.15) is 0 Å². The summed E-state index contributed by atoms with van der Waals surface area (Å²) in [6.07, 6.45) is 9.72. The summed E-state index contributed by atoms with van der Waals surface area (Å²) in [5.41, 5.74) is 3.21. The van der Waals surface area contributed by atoms with E-state index in [0.717, 1.165) is 41.3 Å². The lowest BCUT2D eigenvalue weighted by Gasteiger charge is -2.15. The molecule has 1 amide bonds. The third-order valence-corrected chi connectivity index (χ3v) is 6.21. The highest BCUT2D eigenvalue weighted by molar-refractivity contribution is 5.98. The number of carbonyl (C=O) groups excluding carboxylic acids is 2. The summed E-state index contributed by atoms with van der Waals surface area (Å²) in [4.78, 5) is 24.9. The summed E-state index contributed by atoms with van der Waals surface area (Å²) < 4.78 is 10.9. The number of benzene rings is 3. The number of methoxy groups -OCH3 is 1. The maximum atomic E-state index is 13.1. The van der Waals surface area contributed by atoms with Gasteiger partial charge in [0, 0.05) is 11.9 Å². The predicted molar refractivity (Wildman–Crippen MR) is 139 cm³/mol. The van der Waals surface area contributed by atoms with E-state index in [1.807, 2.05) is 42.5 Å². The molecule has 1 aliphatic rings. The van der Waals surface area contributed by atoms with Crippen LogP contribution in [0, 0.1) is 0 Å². The van der Waals surface area contributed by atoms with Crippen LogP contribution in [0.5, 0.6) is 5.75 Å². The van der Waals surface area contributed by atoms with Gasteiger partial charge >= 0.3 is 5.97 Å². The van der Waals surface area contributed by atoms with Crippen molar-refractivity contribution in [2.24, 2.45) is 0 Å². The van der Waals surface area contributed by atoms with Gasteiger partial charge in [0.2, 0.25) is 0 Å². The Balaban J connectivity index is 1.51. The lowest BCUT2D eigenvalue weighted by molar-refractivity contribution is -0.117. The summed E-state index contributed by atoms with van der Waals surface area (Å²) >= 11 is 0. The van der Waals surface area contributed by atoms with E-state index in [4.69, 9.17) is 9.47 Å². The molecular formula is C30H31NO4. The average molecular weight is 470 g/mol. The van der Waals surface area contributed by atoms with Crippen molar-refractivity contribution in [1.82, 2.24) is 5.32 Å². The first-order valence-corrected chi connectivity index (χ1v) is 12.1. The number of hydrogen-bond donors (Lipinski definition) is 1. The normalized spacial score (nSPS) is 13.7. The monoisotopic (exact) mass is 469 g/mol. The third kappa shape index (κ3) is 6.60. The summed E-state index contributed by atoms with van der Waals surface area (Å²) in [5.74, 6) is 0.184. The molecule has 0 spiro atoms. The molecule has 3 aromatic carbocycles. The Kier molecular flexibility index (Phi) is 8.34. The Morgan fingerprint density at radius 2 is 1.77 bits per heavy atom. The third-order valence-electron chi connectivity index (χ3n) is 6.21. The van der Waals surface area contributed by atoms with Crippen LogP contribution in [-0.2, 0) is 9.53 Å². The van der Waals surface area contributed by atoms with Gasteiger partial charge in [0.1, 0.15) is 12.4 Å². The van der Waals surface area contributed by atoms with Crippen molar-refractivity contribution in [1.29, 1.82) is 0 Å². The van der Waals surface area contributed by atoms with E-state index < -0.39 is 5.97 Å². The van der Waals surface area contributed by atoms with Crippen LogP contribution in [0.4, 0.5) is 0 Å². The summed E-state index contributed by atoms with van der Waals surface area (Å²) in [6.45, 7) is 0.721. The largest absolute Gasteiger partial charge is 0.488 e. The molecule has 0 heterocycles. The van der Waals surface area contributed by atoms with E-state index in [2.05, 4.69) is 11.4 Å². The molecule has 0 atom stereocenters. The standard InChI is InChI=1S/C30H31NO4/c1-34-30(33)25-16-14-23(15-17-25)20-26(29(32)31-19-18-22-8-3-2-4-9-22)21-35-28-13-7-11-24-10-5-6-12-27(24)28/h5-8,10-17,20H,2-4,9,18-19,21H2,1H3,(H,31,32)/b26-20+. The molecule has 0 bridgehead atoms. The van der Waals surface area contributed by atoms with Crippen molar-refractivity contribution in [2.45, 2.75) is 32.1 Å². The number of hydrogen-bond acceptors (Lipinski definition) is 4. The van der Waals surface area contributed by atoms with Gasteiger partial charge in [-0.25, -0.2) is 4.79 Å². The van der Waals surface area contributed by atoms with Crippen LogP contribution in [0.15, 0.2) is 84.0 Å². The zero-order chi connectivity index (χ0) is 24.5. The van der Waals surface area contributed by atoms with E-state index in [0.29, 0.717) is 17.7 Å². The first-order valence-electron chi connectivity index (χ1n) is 12.1. The molecule has 35 heavy (non-hydrogen) atoms. The van der Waals surface area contributed by atoms with Crippen LogP contribution in [-0.4, -0.2) is 32.1 Å². The second-order valence-electron chi connectivity index (χ2n) is 8.66. The fourth-order valence-electron chi connectivity index (χ4n) is 4.27. The summed E-state index contributed by atoms with van der Waals surface area (Å²) in [5, 5.41) is 5.14. The lowest BCUT2D eigenvalue weighted by Crippen LogP contribution is -2.28. The first-order chi connectivity index (χ1) is 17.1. The maximum Gasteiger partial charge on any atom is 0.337 e. The highest BCUT2D eigenvalue weighted by atomic mass is 16.5. The smallest absolute Gasteiger partial charge is 0.337 e. The molecule has 0 saturated carbocycles. The molecule has 1 N–H and O–H groups in total. The molecule has 5 heteroatoms. The molecule has 0 aliphatic heterocycles. The molecule has 4 rings (SSSR count). The quantitative estimate of drug-likeness (QED) is 0.234. The van der Waals surface area contributed by atoms with E-state index in [-0.39, 0.29) is 12.5 Å². The average Bonchev–Trinajstić information content (AvgIpc) is 2.91. The molecule has 180 valence electrons. The van der Waals surface area contributed by atoms with E-state index in [1.165, 1.54) is 25.5 Å². The van der Waals surface area contributed by atoms with Crippen LogP contribution >= 0.6 is 0 Å². The second kappa shape index (κ2) is 12.0. The zero-order valence-corrected chi connectivity index (χ0v) is 20.1. The molecule has 0 radical (unpaired) electrons. The van der Waals surface area contributed by atoms with Gasteiger partial charge < -0.3 is 14.8 Å². The van der Waals surface area contributed by atoms with E-state index in [1.54, 1.807) is 30.3 Å². The molecule has 0 aromatic heterocycles. The van der Waals surface area contributed by atoms with Gasteiger partial charge in [0.15, 0.2) is 0 Å². The maximum absolute atomic E-state index is 13.1. The van der Waals surface area contributed by atoms with Crippen LogP contribution in [0.3, 0.4) is 0 Å². The zero-order valence-electron chi connectivity index (χ0n) is 20.1. The Bertz CT molecular complexity index is 1240. The number of allylic oxidation sites excluding steroid dienone is 1. The molecule has 5 nitrogen and oxygen atoms in total. The van der Waals surface area contributed by atoms with E-state index >= 15 is 0 Å². The lowest BCUT2D eigenvalue weighted by atomic mass is 9.97. The Labute approximate surface area is 206 Å². The number of carbonyl (C=O) groups is 2. The Morgan fingerprint density at radius 3 is 2.54 bits per heavy atom. The predicted octanol–water partition coefficient (Wildman–Crippen LogP) is 6.10. The van der Waals surface area contributed by atoms with Crippen molar-refractivity contribution in [3.8, 4) is 5.75 Å². The van der Waals surface area contributed by atoms with Gasteiger partial charge in [-0.05, 0) is 67.3 Å². The van der Waals surface area contributed by atoms with Crippen molar-refractivity contribution >= 4 is 28.7 Å². The van der Waals surface area contributed by atoms with Crippen molar-refractivity contribution in [3.63, 3.8) is 0 Å². The highest BCUT2D eigenvalue weighted by Gasteiger charge is 2.13. The van der Waals surface area contributed by atoms with Crippen LogP contribution in [0.2, 0.25) is 0 Å². The molecule has 1 aliphatic carbocycles. The van der Waals surface area contributed by atoms with Crippen LogP contribution < -0.4 is 10.1 Å². The van der Waals surface area contributed by atoms with Gasteiger partial charge in [0.25, 0.3) is 5.91 Å². The number of ether oxygens (including phenoxy) is 2. The van der Waals surface area contributed by atoms with E-state index in [9.17, 15) is 9.59 Å². The fourth-order valence-corrected chi connectivity index (χ4v) is 4.27. The number of esters is 1. The van der Waals surface area contributed by atoms with Gasteiger partial charge in [-0.15, -0.1) is 0 Å². The fraction of sp³-hybridized carbons (Fsp3) is 0.267. The van der Waals surface area contributed by atoms with Crippen molar-refractivity contribution < 1.29 is 19.1 Å². The second-order valence-corrected chi connectivity index (χ2v) is 8.66. The number of nitrogens with one attached hydrogen (secondary N) is 1. The van der Waals surface area contributed by atoms with Crippen LogP contribution in [0.1, 0.15) is 48.0 Å². The Morgan fingerprint density at radius 1 is 0.971 bits per heavy atom. The molecule has 0 unspecified atom stereocenters. The first kappa shape index (κ1) is 24.3. The van der Waals surface area contributed by atoms with Crippen LogP contribution in [0.25, 0.3) is 16.8 Å². The number of amides is 1. The molecule has 0 saturated heterocycles. The van der Waals surface area contributed by atoms with Gasteiger partial charge in [-0.3, -0.25) is 4.79 Å². The summed E-state index contributed by atoms with van der Waals surface area (Å²) in [6, 6.07) is 20.9. The molecule has 3 aromatic rings. The molecular weight excluding hydrogens is 438 g/mol. The van der Waals surface area contributed by atoms with Crippen molar-refractivity contribution in [3.05, 3.63) is 95.1 Å². The SMILES string of the molecule is COC(=O)c1ccc(/C=C(\COc2cccc3ccccc23)C(=O)NCCC2=CCCCC2)cc1. The van der Waals surface area contributed by atoms with Crippen molar-refractivity contribution in [2.75, 3.05) is 20.3 Å². The molecule has 0 fully saturated rings. The van der Waals surface area contributed by atoms with Gasteiger partial charge in [-0.1, -0.05) is 60.2 Å². The minimum Gasteiger partial charge on any atom is -0.488 e. The summed E-state index contributed by atoms with van der Waals surface area (Å²) in [7, 11) is 1.35. The minimum absolute atomic E-state index is 0.126. The number of fused-ring (bicyclic) bond motifs is 1. The highest BCUT2D eigenvalue weighted by Crippen LogP contribution is 2.26. The van der Waals surface area contributed by atoms with Gasteiger partial charge in [0.05, 0.1) is 18.2 Å².